The summed E-state index contributed by atoms with van der Waals surface area (Å²) in [6.07, 6.45) is 2.92. The Morgan fingerprint density at radius 3 is 2.62 bits per heavy atom. The summed E-state index contributed by atoms with van der Waals surface area (Å²) in [5.74, 6) is 1.63. The standard InChI is InChI=1S/C13H27NOS/c1-13(2,3)11(10-16)8-14-7-5-6-12(9-14)15-4/h11-12,16H,5-10H2,1-4H3. The molecular formula is C13H27NOS. The first-order valence-corrected chi connectivity index (χ1v) is 6.96. The second-order valence-electron chi connectivity index (χ2n) is 6.01. The smallest absolute Gasteiger partial charge is 0.0698 e. The Morgan fingerprint density at radius 2 is 2.12 bits per heavy atom. The molecule has 0 spiro atoms. The molecule has 1 aliphatic rings. The lowest BCUT2D eigenvalue weighted by molar-refractivity contribution is 0.0201. The number of rotatable bonds is 4. The van der Waals surface area contributed by atoms with E-state index in [1.807, 2.05) is 7.11 Å². The van der Waals surface area contributed by atoms with E-state index in [1.54, 1.807) is 0 Å². The van der Waals surface area contributed by atoms with Crippen molar-refractivity contribution < 1.29 is 4.74 Å². The van der Waals surface area contributed by atoms with Crippen LogP contribution in [0.15, 0.2) is 0 Å². The molecule has 2 unspecified atom stereocenters. The van der Waals surface area contributed by atoms with Gasteiger partial charge in [0.1, 0.15) is 0 Å². The van der Waals surface area contributed by atoms with Gasteiger partial charge in [-0.1, -0.05) is 20.8 Å². The zero-order valence-electron chi connectivity index (χ0n) is 11.2. The van der Waals surface area contributed by atoms with Crippen molar-refractivity contribution in [3.05, 3.63) is 0 Å². The van der Waals surface area contributed by atoms with Crippen LogP contribution >= 0.6 is 12.6 Å². The van der Waals surface area contributed by atoms with Crippen LogP contribution < -0.4 is 0 Å². The SMILES string of the molecule is COC1CCCN(CC(CS)C(C)(C)C)C1. The lowest BCUT2D eigenvalue weighted by atomic mass is 9.81. The highest BCUT2D eigenvalue weighted by molar-refractivity contribution is 7.80. The first-order valence-electron chi connectivity index (χ1n) is 6.33. The maximum absolute atomic E-state index is 5.46. The predicted octanol–water partition coefficient (Wildman–Crippen LogP) is 2.69. The highest BCUT2D eigenvalue weighted by atomic mass is 32.1. The second-order valence-corrected chi connectivity index (χ2v) is 6.37. The minimum atomic E-state index is 0.349. The van der Waals surface area contributed by atoms with Crippen molar-refractivity contribution in [3.63, 3.8) is 0 Å². The van der Waals surface area contributed by atoms with Gasteiger partial charge >= 0.3 is 0 Å². The van der Waals surface area contributed by atoms with Gasteiger partial charge < -0.3 is 9.64 Å². The number of nitrogens with zero attached hydrogens (tertiary/aromatic N) is 1. The maximum atomic E-state index is 5.46. The summed E-state index contributed by atoms with van der Waals surface area (Å²) in [6, 6.07) is 0. The fourth-order valence-electron chi connectivity index (χ4n) is 2.29. The molecule has 0 N–H and O–H groups in total. The third kappa shape index (κ3) is 4.27. The van der Waals surface area contributed by atoms with Crippen LogP contribution in [0.5, 0.6) is 0 Å². The molecule has 0 aromatic heterocycles. The van der Waals surface area contributed by atoms with Crippen molar-refractivity contribution in [2.24, 2.45) is 11.3 Å². The number of hydrogen-bond acceptors (Lipinski definition) is 3. The minimum Gasteiger partial charge on any atom is -0.380 e. The first kappa shape index (κ1) is 14.3. The van der Waals surface area contributed by atoms with E-state index < -0.39 is 0 Å². The van der Waals surface area contributed by atoms with Crippen LogP contribution in [0.3, 0.4) is 0 Å². The molecule has 0 amide bonds. The largest absolute Gasteiger partial charge is 0.380 e. The molecule has 1 heterocycles. The summed E-state index contributed by atoms with van der Waals surface area (Å²) in [7, 11) is 1.83. The average Bonchev–Trinajstić information content (AvgIpc) is 2.24. The van der Waals surface area contributed by atoms with Crippen molar-refractivity contribution in [1.82, 2.24) is 4.90 Å². The summed E-state index contributed by atoms with van der Waals surface area (Å²) >= 11 is 4.50. The molecule has 2 atom stereocenters. The number of thiol groups is 1. The van der Waals surface area contributed by atoms with Gasteiger partial charge in [0.15, 0.2) is 0 Å². The van der Waals surface area contributed by atoms with E-state index in [2.05, 4.69) is 38.3 Å². The zero-order chi connectivity index (χ0) is 12.2. The molecule has 1 aliphatic heterocycles. The molecule has 1 saturated heterocycles. The van der Waals surface area contributed by atoms with Crippen molar-refractivity contribution in [2.45, 2.75) is 39.7 Å². The van der Waals surface area contributed by atoms with E-state index in [0.29, 0.717) is 17.4 Å². The van der Waals surface area contributed by atoms with Crippen molar-refractivity contribution in [2.75, 3.05) is 32.5 Å². The van der Waals surface area contributed by atoms with Gasteiger partial charge in [-0.25, -0.2) is 0 Å². The molecular weight excluding hydrogens is 218 g/mol. The molecule has 0 aliphatic carbocycles. The summed E-state index contributed by atoms with van der Waals surface area (Å²) in [5, 5.41) is 0. The molecule has 1 rings (SSSR count). The molecule has 0 aromatic rings. The van der Waals surface area contributed by atoms with Crippen LogP contribution in [0.1, 0.15) is 33.6 Å². The monoisotopic (exact) mass is 245 g/mol. The maximum Gasteiger partial charge on any atom is 0.0698 e. The van der Waals surface area contributed by atoms with Crippen LogP contribution in [0, 0.1) is 11.3 Å². The number of ether oxygens (including phenoxy) is 1. The fraction of sp³-hybridized carbons (Fsp3) is 1.00. The molecule has 0 aromatic carbocycles. The molecule has 0 radical (unpaired) electrons. The predicted molar refractivity (Wildman–Crippen MR) is 73.3 cm³/mol. The van der Waals surface area contributed by atoms with Gasteiger partial charge in [0.2, 0.25) is 0 Å². The van der Waals surface area contributed by atoms with Crippen molar-refractivity contribution in [1.29, 1.82) is 0 Å². The number of methoxy groups -OCH3 is 1. The molecule has 0 saturated carbocycles. The zero-order valence-corrected chi connectivity index (χ0v) is 12.1. The number of hydrogen-bond donors (Lipinski definition) is 1. The van der Waals surface area contributed by atoms with Gasteiger partial charge in [0, 0.05) is 20.2 Å². The minimum absolute atomic E-state index is 0.349. The van der Waals surface area contributed by atoms with Crippen LogP contribution in [0.2, 0.25) is 0 Å². The quantitative estimate of drug-likeness (QED) is 0.765. The van der Waals surface area contributed by atoms with Crippen LogP contribution in [-0.2, 0) is 4.74 Å². The van der Waals surface area contributed by atoms with E-state index in [4.69, 9.17) is 4.74 Å². The Kier molecular flexibility index (Phi) is 5.62. The Hall–Kier alpha value is 0.270. The Morgan fingerprint density at radius 1 is 1.44 bits per heavy atom. The normalized spacial score (nSPS) is 25.7. The molecule has 96 valence electrons. The van der Waals surface area contributed by atoms with Crippen molar-refractivity contribution >= 4 is 12.6 Å². The molecule has 3 heteroatoms. The van der Waals surface area contributed by atoms with Crippen LogP contribution in [-0.4, -0.2) is 43.5 Å². The Bertz CT molecular complexity index is 203. The Labute approximate surface area is 106 Å². The van der Waals surface area contributed by atoms with Crippen LogP contribution in [0.25, 0.3) is 0 Å². The van der Waals surface area contributed by atoms with E-state index >= 15 is 0 Å². The molecule has 16 heavy (non-hydrogen) atoms. The lowest BCUT2D eigenvalue weighted by Gasteiger charge is -2.38. The second kappa shape index (κ2) is 6.27. The van der Waals surface area contributed by atoms with E-state index in [1.165, 1.54) is 19.4 Å². The third-order valence-corrected chi connectivity index (χ3v) is 4.16. The summed E-state index contributed by atoms with van der Waals surface area (Å²) in [6.45, 7) is 10.4. The highest BCUT2D eigenvalue weighted by Gasteiger charge is 2.28. The van der Waals surface area contributed by atoms with Gasteiger partial charge in [-0.15, -0.1) is 0 Å². The van der Waals surface area contributed by atoms with Gasteiger partial charge in [0.25, 0.3) is 0 Å². The highest BCUT2D eigenvalue weighted by Crippen LogP contribution is 2.28. The van der Waals surface area contributed by atoms with Gasteiger partial charge in [-0.2, -0.15) is 12.6 Å². The van der Waals surface area contributed by atoms with Gasteiger partial charge in [0.05, 0.1) is 6.10 Å². The topological polar surface area (TPSA) is 12.5 Å². The molecule has 0 bridgehead atoms. The van der Waals surface area contributed by atoms with Crippen LogP contribution in [0.4, 0.5) is 0 Å². The van der Waals surface area contributed by atoms with E-state index in [-0.39, 0.29) is 0 Å². The number of likely N-dealkylation sites (tertiary alicyclic amines) is 1. The number of piperidine rings is 1. The van der Waals surface area contributed by atoms with E-state index in [0.717, 1.165) is 18.8 Å². The van der Waals surface area contributed by atoms with Crippen molar-refractivity contribution in [3.8, 4) is 0 Å². The summed E-state index contributed by atoms with van der Waals surface area (Å²) in [4.78, 5) is 2.55. The Balaban J connectivity index is 2.45. The van der Waals surface area contributed by atoms with Gasteiger partial charge in [-0.3, -0.25) is 0 Å². The van der Waals surface area contributed by atoms with E-state index in [9.17, 15) is 0 Å². The lowest BCUT2D eigenvalue weighted by Crippen LogP contribution is -2.44. The first-order chi connectivity index (χ1) is 7.47. The summed E-state index contributed by atoms with van der Waals surface area (Å²) in [5.41, 5.74) is 0.349. The molecule has 2 nitrogen and oxygen atoms in total. The average molecular weight is 245 g/mol. The third-order valence-electron chi connectivity index (χ3n) is 3.72. The molecule has 1 fully saturated rings. The summed E-state index contributed by atoms with van der Waals surface area (Å²) < 4.78 is 5.46. The fourth-order valence-corrected chi connectivity index (χ4v) is 2.95. The van der Waals surface area contributed by atoms with Gasteiger partial charge in [-0.05, 0) is 36.5 Å².